The predicted octanol–water partition coefficient (Wildman–Crippen LogP) is 2.56. The second kappa shape index (κ2) is 5.30. The fraction of sp³-hybridized carbons (Fsp3) is 0.429. The highest BCUT2D eigenvalue weighted by Gasteiger charge is 2.19. The van der Waals surface area contributed by atoms with E-state index >= 15 is 0 Å². The third-order valence-corrected chi connectivity index (χ3v) is 3.58. The van der Waals surface area contributed by atoms with E-state index in [1.807, 2.05) is 12.1 Å². The van der Waals surface area contributed by atoms with Gasteiger partial charge in [-0.2, -0.15) is 9.97 Å². The Kier molecular flexibility index (Phi) is 3.35. The van der Waals surface area contributed by atoms with Crippen LogP contribution in [0.3, 0.4) is 0 Å². The molecule has 1 aliphatic carbocycles. The molecule has 0 radical (unpaired) electrons. The Bertz CT molecular complexity index is 549. The van der Waals surface area contributed by atoms with E-state index in [9.17, 15) is 0 Å². The lowest BCUT2D eigenvalue weighted by atomic mass is 9.89. The van der Waals surface area contributed by atoms with E-state index in [4.69, 9.17) is 5.73 Å². The summed E-state index contributed by atoms with van der Waals surface area (Å²) < 4.78 is 0. The van der Waals surface area contributed by atoms with Crippen molar-refractivity contribution in [2.24, 2.45) is 0 Å². The molecule has 2 aromatic rings. The van der Waals surface area contributed by atoms with Crippen molar-refractivity contribution in [1.29, 1.82) is 0 Å². The first-order valence-corrected chi connectivity index (χ1v) is 6.75. The molecule has 0 bridgehead atoms. The quantitative estimate of drug-likeness (QED) is 0.892. The van der Waals surface area contributed by atoms with Crippen molar-refractivity contribution < 1.29 is 0 Å². The molecule has 19 heavy (non-hydrogen) atoms. The average molecular weight is 255 g/mol. The second-order valence-corrected chi connectivity index (χ2v) is 4.95. The van der Waals surface area contributed by atoms with Crippen molar-refractivity contribution >= 4 is 5.95 Å². The van der Waals surface area contributed by atoms with Gasteiger partial charge >= 0.3 is 0 Å². The Hall–Kier alpha value is -2.04. The minimum atomic E-state index is 0.308. The molecule has 2 heterocycles. The number of aromatic nitrogens is 4. The molecule has 0 spiro atoms. The van der Waals surface area contributed by atoms with Crippen LogP contribution in [0.4, 0.5) is 5.95 Å². The molecular formula is C14H17N5. The monoisotopic (exact) mass is 255 g/mol. The molecule has 0 unspecified atom stereocenters. The summed E-state index contributed by atoms with van der Waals surface area (Å²) in [5.41, 5.74) is 6.76. The van der Waals surface area contributed by atoms with Crippen molar-refractivity contribution in [3.05, 3.63) is 30.4 Å². The van der Waals surface area contributed by atoms with Crippen molar-refractivity contribution in [3.8, 4) is 11.4 Å². The highest BCUT2D eigenvalue weighted by atomic mass is 15.1. The lowest BCUT2D eigenvalue weighted by Crippen LogP contribution is -2.12. The molecule has 1 aliphatic rings. The molecule has 2 N–H and O–H groups in total. The average Bonchev–Trinajstić information content (AvgIpc) is 2.48. The largest absolute Gasteiger partial charge is 0.368 e. The van der Waals surface area contributed by atoms with Gasteiger partial charge in [0, 0.05) is 23.9 Å². The van der Waals surface area contributed by atoms with Crippen LogP contribution in [-0.2, 0) is 0 Å². The second-order valence-electron chi connectivity index (χ2n) is 4.95. The first kappa shape index (κ1) is 12.0. The third kappa shape index (κ3) is 2.70. The van der Waals surface area contributed by atoms with Crippen LogP contribution in [0.15, 0.2) is 24.5 Å². The molecule has 1 fully saturated rings. The number of hydrogen-bond acceptors (Lipinski definition) is 5. The molecule has 0 aliphatic heterocycles. The van der Waals surface area contributed by atoms with Crippen LogP contribution in [0.5, 0.6) is 0 Å². The topological polar surface area (TPSA) is 77.6 Å². The number of pyridine rings is 1. The van der Waals surface area contributed by atoms with Gasteiger partial charge in [-0.3, -0.25) is 4.98 Å². The van der Waals surface area contributed by atoms with Crippen LogP contribution >= 0.6 is 0 Å². The molecule has 0 amide bonds. The smallest absolute Gasteiger partial charge is 0.223 e. The van der Waals surface area contributed by atoms with Gasteiger partial charge in [-0.15, -0.1) is 0 Å². The number of nitrogens with zero attached hydrogens (tertiary/aromatic N) is 4. The van der Waals surface area contributed by atoms with Gasteiger partial charge in [0.1, 0.15) is 5.82 Å². The number of anilines is 1. The van der Waals surface area contributed by atoms with Crippen LogP contribution in [0.2, 0.25) is 0 Å². The van der Waals surface area contributed by atoms with Gasteiger partial charge in [-0.05, 0) is 25.0 Å². The number of rotatable bonds is 2. The number of nitrogen functional groups attached to an aromatic ring is 1. The van der Waals surface area contributed by atoms with E-state index in [-0.39, 0.29) is 0 Å². The zero-order valence-electron chi connectivity index (χ0n) is 10.8. The number of nitrogens with two attached hydrogens (primary N) is 1. The molecule has 5 heteroatoms. The van der Waals surface area contributed by atoms with Crippen molar-refractivity contribution in [3.63, 3.8) is 0 Å². The molecule has 1 saturated carbocycles. The van der Waals surface area contributed by atoms with Gasteiger partial charge in [0.05, 0.1) is 0 Å². The molecule has 0 aromatic carbocycles. The Morgan fingerprint density at radius 1 is 0.947 bits per heavy atom. The minimum Gasteiger partial charge on any atom is -0.368 e. The van der Waals surface area contributed by atoms with E-state index < -0.39 is 0 Å². The lowest BCUT2D eigenvalue weighted by Gasteiger charge is -2.20. The standard InChI is InChI=1S/C14H17N5/c15-14-18-12(10-4-2-1-3-5-10)17-13(19-14)11-6-8-16-9-7-11/h6-10H,1-5H2,(H2,15,17,18,19). The molecule has 3 rings (SSSR count). The normalized spacial score (nSPS) is 16.4. The first-order valence-electron chi connectivity index (χ1n) is 6.75. The fourth-order valence-corrected chi connectivity index (χ4v) is 2.58. The highest BCUT2D eigenvalue weighted by Crippen LogP contribution is 2.31. The molecular weight excluding hydrogens is 238 g/mol. The number of hydrogen-bond donors (Lipinski definition) is 1. The van der Waals surface area contributed by atoms with Crippen LogP contribution < -0.4 is 5.73 Å². The maximum absolute atomic E-state index is 5.83. The van der Waals surface area contributed by atoms with E-state index in [0.717, 1.165) is 24.2 Å². The lowest BCUT2D eigenvalue weighted by molar-refractivity contribution is 0.428. The van der Waals surface area contributed by atoms with Crippen molar-refractivity contribution in [1.82, 2.24) is 19.9 Å². The minimum absolute atomic E-state index is 0.308. The summed E-state index contributed by atoms with van der Waals surface area (Å²) in [6.45, 7) is 0. The summed E-state index contributed by atoms with van der Waals surface area (Å²) >= 11 is 0. The van der Waals surface area contributed by atoms with Crippen LogP contribution in [0.1, 0.15) is 43.8 Å². The SMILES string of the molecule is Nc1nc(-c2ccncc2)nc(C2CCCCC2)n1. The van der Waals surface area contributed by atoms with Gasteiger partial charge in [-0.1, -0.05) is 19.3 Å². The van der Waals surface area contributed by atoms with E-state index in [2.05, 4.69) is 19.9 Å². The van der Waals surface area contributed by atoms with E-state index in [0.29, 0.717) is 17.7 Å². The fourth-order valence-electron chi connectivity index (χ4n) is 2.58. The maximum Gasteiger partial charge on any atom is 0.223 e. The molecule has 0 atom stereocenters. The van der Waals surface area contributed by atoms with Crippen LogP contribution in [-0.4, -0.2) is 19.9 Å². The third-order valence-electron chi connectivity index (χ3n) is 3.58. The Morgan fingerprint density at radius 3 is 2.42 bits per heavy atom. The van der Waals surface area contributed by atoms with Crippen molar-refractivity contribution in [2.45, 2.75) is 38.0 Å². The van der Waals surface area contributed by atoms with Gasteiger partial charge in [0.25, 0.3) is 0 Å². The van der Waals surface area contributed by atoms with E-state index in [1.54, 1.807) is 12.4 Å². The first-order chi connectivity index (χ1) is 9.33. The highest BCUT2D eigenvalue weighted by molar-refractivity contribution is 5.54. The Labute approximate surface area is 112 Å². The summed E-state index contributed by atoms with van der Waals surface area (Å²) in [6, 6.07) is 3.78. The zero-order chi connectivity index (χ0) is 13.1. The molecule has 98 valence electrons. The molecule has 5 nitrogen and oxygen atoms in total. The van der Waals surface area contributed by atoms with Gasteiger partial charge in [-0.25, -0.2) is 4.98 Å². The molecule has 0 saturated heterocycles. The Balaban J connectivity index is 1.96. The van der Waals surface area contributed by atoms with Gasteiger partial charge in [0.15, 0.2) is 5.82 Å². The van der Waals surface area contributed by atoms with E-state index in [1.165, 1.54) is 19.3 Å². The summed E-state index contributed by atoms with van der Waals surface area (Å²) in [7, 11) is 0. The van der Waals surface area contributed by atoms with Crippen LogP contribution in [0, 0.1) is 0 Å². The summed E-state index contributed by atoms with van der Waals surface area (Å²) in [4.78, 5) is 17.2. The summed E-state index contributed by atoms with van der Waals surface area (Å²) in [5.74, 6) is 2.23. The zero-order valence-corrected chi connectivity index (χ0v) is 10.8. The Morgan fingerprint density at radius 2 is 1.68 bits per heavy atom. The van der Waals surface area contributed by atoms with Gasteiger partial charge < -0.3 is 5.73 Å². The van der Waals surface area contributed by atoms with Gasteiger partial charge in [0.2, 0.25) is 5.95 Å². The molecule has 2 aromatic heterocycles. The summed E-state index contributed by atoms with van der Waals surface area (Å²) in [6.07, 6.45) is 9.58. The predicted molar refractivity (Wildman–Crippen MR) is 73.3 cm³/mol. The van der Waals surface area contributed by atoms with Crippen LogP contribution in [0.25, 0.3) is 11.4 Å². The van der Waals surface area contributed by atoms with Crippen molar-refractivity contribution in [2.75, 3.05) is 5.73 Å². The maximum atomic E-state index is 5.83. The summed E-state index contributed by atoms with van der Waals surface area (Å²) in [5, 5.41) is 0.